The van der Waals surface area contributed by atoms with Crippen LogP contribution in [0.5, 0.6) is 0 Å². The molecule has 2 N–H and O–H groups in total. The second-order valence-electron chi connectivity index (χ2n) is 9.28. The van der Waals surface area contributed by atoms with E-state index in [2.05, 4.69) is 78.2 Å². The molecule has 2 aliphatic rings. The van der Waals surface area contributed by atoms with Crippen molar-refractivity contribution in [2.75, 3.05) is 6.54 Å². The van der Waals surface area contributed by atoms with Crippen molar-refractivity contribution in [2.24, 2.45) is 0 Å². The van der Waals surface area contributed by atoms with E-state index in [1.54, 1.807) is 0 Å². The minimum atomic E-state index is 0.0290. The molecule has 6 rings (SSSR count). The Bertz CT molecular complexity index is 1340. The Labute approximate surface area is 194 Å². The van der Waals surface area contributed by atoms with Crippen molar-refractivity contribution in [3.63, 3.8) is 0 Å². The predicted molar refractivity (Wildman–Crippen MR) is 131 cm³/mol. The first kappa shape index (κ1) is 20.3. The van der Waals surface area contributed by atoms with Crippen molar-refractivity contribution >= 4 is 16.9 Å². The topological polar surface area (TPSA) is 54.3 Å². The molecule has 3 aromatic carbocycles. The zero-order chi connectivity index (χ0) is 22.4. The SMILES string of the molecule is C[C@@H](NC1CCCc2c1oc1ccc(-c3ccc4c(c3)C(=O)NCC4)cc21)c1ccccc1. The normalized spacial score (nSPS) is 18.5. The van der Waals surface area contributed by atoms with Gasteiger partial charge in [-0.3, -0.25) is 4.79 Å². The van der Waals surface area contributed by atoms with Gasteiger partial charge in [-0.1, -0.05) is 48.5 Å². The molecule has 4 aromatic rings. The van der Waals surface area contributed by atoms with Crippen molar-refractivity contribution < 1.29 is 9.21 Å². The van der Waals surface area contributed by atoms with Crippen LogP contribution in [-0.2, 0) is 12.8 Å². The first-order valence-electron chi connectivity index (χ1n) is 12.0. The van der Waals surface area contributed by atoms with Gasteiger partial charge in [-0.05, 0) is 73.1 Å². The Morgan fingerprint density at radius 3 is 2.70 bits per heavy atom. The lowest BCUT2D eigenvalue weighted by molar-refractivity contribution is 0.0946. The Balaban J connectivity index is 1.34. The summed E-state index contributed by atoms with van der Waals surface area (Å²) in [5, 5.41) is 7.95. The molecule has 0 saturated heterocycles. The van der Waals surface area contributed by atoms with Crippen LogP contribution in [0.3, 0.4) is 0 Å². The maximum absolute atomic E-state index is 12.3. The highest BCUT2D eigenvalue weighted by atomic mass is 16.3. The quantitative estimate of drug-likeness (QED) is 0.406. The minimum absolute atomic E-state index is 0.0290. The second kappa shape index (κ2) is 8.20. The summed E-state index contributed by atoms with van der Waals surface area (Å²) < 4.78 is 6.41. The molecule has 1 unspecified atom stereocenters. The molecule has 0 saturated carbocycles. The number of furan rings is 1. The number of benzene rings is 3. The molecule has 1 aliphatic heterocycles. The fraction of sp³-hybridized carbons (Fsp3) is 0.276. The summed E-state index contributed by atoms with van der Waals surface area (Å²) in [4.78, 5) is 12.3. The van der Waals surface area contributed by atoms with Crippen molar-refractivity contribution in [1.29, 1.82) is 0 Å². The summed E-state index contributed by atoms with van der Waals surface area (Å²) in [6.07, 6.45) is 4.16. The number of hydrogen-bond acceptors (Lipinski definition) is 3. The number of rotatable bonds is 4. The highest BCUT2D eigenvalue weighted by molar-refractivity contribution is 5.98. The Morgan fingerprint density at radius 1 is 1.00 bits per heavy atom. The third-order valence-corrected chi connectivity index (χ3v) is 7.18. The van der Waals surface area contributed by atoms with Gasteiger partial charge in [-0.2, -0.15) is 0 Å². The van der Waals surface area contributed by atoms with E-state index in [1.165, 1.54) is 16.5 Å². The Morgan fingerprint density at radius 2 is 1.82 bits per heavy atom. The summed E-state index contributed by atoms with van der Waals surface area (Å²) in [6, 6.07) is 23.7. The van der Waals surface area contributed by atoms with E-state index in [4.69, 9.17) is 4.42 Å². The van der Waals surface area contributed by atoms with Gasteiger partial charge in [0, 0.05) is 29.1 Å². The molecule has 2 heterocycles. The molecular formula is C29H28N2O2. The molecular weight excluding hydrogens is 408 g/mol. The summed E-state index contributed by atoms with van der Waals surface area (Å²) in [6.45, 7) is 2.94. The summed E-state index contributed by atoms with van der Waals surface area (Å²) in [5.74, 6) is 1.11. The number of amides is 1. The van der Waals surface area contributed by atoms with Gasteiger partial charge >= 0.3 is 0 Å². The van der Waals surface area contributed by atoms with Crippen molar-refractivity contribution in [2.45, 2.75) is 44.7 Å². The lowest BCUT2D eigenvalue weighted by atomic mass is 9.90. The van der Waals surface area contributed by atoms with Crippen LogP contribution in [0.15, 0.2) is 71.1 Å². The van der Waals surface area contributed by atoms with E-state index < -0.39 is 0 Å². The third kappa shape index (κ3) is 3.65. The van der Waals surface area contributed by atoms with Gasteiger partial charge in [0.15, 0.2) is 0 Å². The van der Waals surface area contributed by atoms with E-state index >= 15 is 0 Å². The average Bonchev–Trinajstić information content (AvgIpc) is 3.24. The molecule has 4 nitrogen and oxygen atoms in total. The molecule has 1 aliphatic carbocycles. The number of carbonyl (C=O) groups is 1. The van der Waals surface area contributed by atoms with Gasteiger partial charge in [0.2, 0.25) is 0 Å². The van der Waals surface area contributed by atoms with Crippen LogP contribution in [0.4, 0.5) is 0 Å². The third-order valence-electron chi connectivity index (χ3n) is 7.18. The van der Waals surface area contributed by atoms with Crippen LogP contribution in [0.1, 0.15) is 64.7 Å². The molecule has 2 atom stereocenters. The van der Waals surface area contributed by atoms with Crippen molar-refractivity contribution in [3.05, 3.63) is 94.7 Å². The summed E-state index contributed by atoms with van der Waals surface area (Å²) in [5.41, 5.74) is 7.69. The van der Waals surface area contributed by atoms with Crippen LogP contribution < -0.4 is 10.6 Å². The average molecular weight is 437 g/mol. The van der Waals surface area contributed by atoms with Gasteiger partial charge in [-0.25, -0.2) is 0 Å². The van der Waals surface area contributed by atoms with Crippen molar-refractivity contribution in [3.8, 4) is 11.1 Å². The fourth-order valence-corrected chi connectivity index (χ4v) is 5.39. The van der Waals surface area contributed by atoms with Crippen LogP contribution in [-0.4, -0.2) is 12.5 Å². The molecule has 0 fully saturated rings. The zero-order valence-corrected chi connectivity index (χ0v) is 18.9. The van der Waals surface area contributed by atoms with Gasteiger partial charge in [0.25, 0.3) is 5.91 Å². The number of aryl methyl sites for hydroxylation is 1. The van der Waals surface area contributed by atoms with E-state index in [1.807, 2.05) is 6.07 Å². The molecule has 166 valence electrons. The van der Waals surface area contributed by atoms with Gasteiger partial charge < -0.3 is 15.1 Å². The molecule has 1 aromatic heterocycles. The molecule has 0 spiro atoms. The molecule has 0 radical (unpaired) electrons. The van der Waals surface area contributed by atoms with Crippen molar-refractivity contribution in [1.82, 2.24) is 10.6 Å². The second-order valence-corrected chi connectivity index (χ2v) is 9.28. The predicted octanol–water partition coefficient (Wildman–Crippen LogP) is 6.11. The van der Waals surface area contributed by atoms with Crippen LogP contribution in [0.2, 0.25) is 0 Å². The molecule has 0 bridgehead atoms. The molecule has 4 heteroatoms. The Hall–Kier alpha value is -3.37. The van der Waals surface area contributed by atoms with E-state index in [-0.39, 0.29) is 18.0 Å². The monoisotopic (exact) mass is 436 g/mol. The zero-order valence-electron chi connectivity index (χ0n) is 18.9. The standard InChI is InChI=1S/C29H28N2O2/c1-18(19-6-3-2-4-7-19)31-26-9-5-8-23-25-17-22(12-13-27(25)33-28(23)26)21-11-10-20-14-15-30-29(32)24(20)16-21/h2-4,6-7,10-13,16-18,26,31H,5,8-9,14-15H2,1H3,(H,30,32)/t18-,26?/m1/s1. The van der Waals surface area contributed by atoms with E-state index in [0.717, 1.165) is 65.8 Å². The van der Waals surface area contributed by atoms with E-state index in [0.29, 0.717) is 0 Å². The van der Waals surface area contributed by atoms with Gasteiger partial charge in [0.1, 0.15) is 11.3 Å². The molecule has 33 heavy (non-hydrogen) atoms. The van der Waals surface area contributed by atoms with Gasteiger partial charge in [0.05, 0.1) is 6.04 Å². The van der Waals surface area contributed by atoms with Crippen LogP contribution in [0.25, 0.3) is 22.1 Å². The number of carbonyl (C=O) groups excluding carboxylic acids is 1. The highest BCUT2D eigenvalue weighted by Crippen LogP contribution is 2.40. The molecule has 1 amide bonds. The lowest BCUT2D eigenvalue weighted by Crippen LogP contribution is -2.31. The summed E-state index contributed by atoms with van der Waals surface area (Å²) >= 11 is 0. The first-order chi connectivity index (χ1) is 16.2. The van der Waals surface area contributed by atoms with Crippen LogP contribution in [0, 0.1) is 0 Å². The number of fused-ring (bicyclic) bond motifs is 4. The maximum Gasteiger partial charge on any atom is 0.251 e. The number of hydrogen-bond donors (Lipinski definition) is 2. The maximum atomic E-state index is 12.3. The van der Waals surface area contributed by atoms with Crippen LogP contribution >= 0.6 is 0 Å². The fourth-order valence-electron chi connectivity index (χ4n) is 5.39. The highest BCUT2D eigenvalue weighted by Gasteiger charge is 2.28. The summed E-state index contributed by atoms with van der Waals surface area (Å²) in [7, 11) is 0. The van der Waals surface area contributed by atoms with E-state index in [9.17, 15) is 4.79 Å². The smallest absolute Gasteiger partial charge is 0.251 e. The minimum Gasteiger partial charge on any atom is -0.459 e. The largest absolute Gasteiger partial charge is 0.459 e. The Kier molecular flexibility index (Phi) is 5.03. The first-order valence-corrected chi connectivity index (χ1v) is 12.0. The van der Waals surface area contributed by atoms with Gasteiger partial charge in [-0.15, -0.1) is 0 Å². The number of nitrogens with one attached hydrogen (secondary N) is 2. The lowest BCUT2D eigenvalue weighted by Gasteiger charge is -2.26.